The molecular weight excluding hydrogens is 254 g/mol. The van der Waals surface area contributed by atoms with Crippen LogP contribution >= 0.6 is 0 Å². The number of hydrogen-bond donors (Lipinski definition) is 0. The number of aryl methyl sites for hydroxylation is 1. The van der Waals surface area contributed by atoms with Crippen molar-refractivity contribution < 1.29 is 4.79 Å². The third-order valence-electron chi connectivity index (χ3n) is 3.34. The molecule has 2 aromatic heterocycles. The van der Waals surface area contributed by atoms with Gasteiger partial charge in [-0.1, -0.05) is 0 Å². The van der Waals surface area contributed by atoms with E-state index in [-0.39, 0.29) is 11.9 Å². The van der Waals surface area contributed by atoms with Crippen LogP contribution in [0.2, 0.25) is 0 Å². The largest absolute Gasteiger partial charge is 0.337 e. The number of nitrogens with zero attached hydrogens (tertiary/aromatic N) is 5. The van der Waals surface area contributed by atoms with E-state index < -0.39 is 0 Å². The van der Waals surface area contributed by atoms with E-state index >= 15 is 0 Å². The van der Waals surface area contributed by atoms with Gasteiger partial charge < -0.3 is 4.90 Å². The van der Waals surface area contributed by atoms with E-state index in [1.165, 1.54) is 6.33 Å². The monoisotopic (exact) mass is 273 g/mol. The fourth-order valence-corrected chi connectivity index (χ4v) is 1.96. The summed E-state index contributed by atoms with van der Waals surface area (Å²) in [6.45, 7) is 2.72. The molecule has 0 fully saturated rings. The predicted octanol–water partition coefficient (Wildman–Crippen LogP) is 1.67. The SMILES string of the molecule is C[C@H](c1ccncn1)N(C)C(=O)CCCn1cccn1. The molecule has 106 valence electrons. The lowest BCUT2D eigenvalue weighted by Gasteiger charge is -2.24. The van der Waals surface area contributed by atoms with Crippen molar-refractivity contribution >= 4 is 5.91 Å². The first kappa shape index (κ1) is 14.2. The summed E-state index contributed by atoms with van der Waals surface area (Å²) in [5.74, 6) is 0.114. The second-order valence-corrected chi connectivity index (χ2v) is 4.69. The van der Waals surface area contributed by atoms with Crippen molar-refractivity contribution in [3.8, 4) is 0 Å². The van der Waals surface area contributed by atoms with Gasteiger partial charge in [-0.05, 0) is 25.5 Å². The molecule has 0 spiro atoms. The topological polar surface area (TPSA) is 63.9 Å². The van der Waals surface area contributed by atoms with Crippen molar-refractivity contribution in [3.63, 3.8) is 0 Å². The lowest BCUT2D eigenvalue weighted by Crippen LogP contribution is -2.30. The molecule has 0 aromatic carbocycles. The number of rotatable bonds is 6. The van der Waals surface area contributed by atoms with Gasteiger partial charge in [-0.15, -0.1) is 0 Å². The molecule has 20 heavy (non-hydrogen) atoms. The van der Waals surface area contributed by atoms with Crippen molar-refractivity contribution in [2.75, 3.05) is 7.05 Å². The minimum atomic E-state index is -0.0461. The Morgan fingerprint density at radius 1 is 1.45 bits per heavy atom. The third kappa shape index (κ3) is 3.63. The van der Waals surface area contributed by atoms with E-state index in [4.69, 9.17) is 0 Å². The maximum atomic E-state index is 12.1. The van der Waals surface area contributed by atoms with E-state index in [0.29, 0.717) is 6.42 Å². The van der Waals surface area contributed by atoms with Crippen molar-refractivity contribution in [2.45, 2.75) is 32.4 Å². The highest BCUT2D eigenvalue weighted by molar-refractivity contribution is 5.76. The first-order valence-electron chi connectivity index (χ1n) is 6.67. The van der Waals surface area contributed by atoms with Gasteiger partial charge in [-0.2, -0.15) is 5.10 Å². The Bertz CT molecular complexity index is 526. The molecule has 0 bridgehead atoms. The summed E-state index contributed by atoms with van der Waals surface area (Å²) in [6.07, 6.45) is 8.12. The molecule has 1 atom stereocenters. The summed E-state index contributed by atoms with van der Waals surface area (Å²) in [5, 5.41) is 4.12. The molecular formula is C14H19N5O. The highest BCUT2D eigenvalue weighted by Gasteiger charge is 2.17. The van der Waals surface area contributed by atoms with E-state index in [2.05, 4.69) is 15.1 Å². The maximum absolute atomic E-state index is 12.1. The van der Waals surface area contributed by atoms with Crippen LogP contribution in [0.1, 0.15) is 31.5 Å². The highest BCUT2D eigenvalue weighted by atomic mass is 16.2. The fraction of sp³-hybridized carbons (Fsp3) is 0.429. The second kappa shape index (κ2) is 6.79. The van der Waals surface area contributed by atoms with Gasteiger partial charge in [0.1, 0.15) is 6.33 Å². The summed E-state index contributed by atoms with van der Waals surface area (Å²) in [7, 11) is 1.81. The second-order valence-electron chi connectivity index (χ2n) is 4.69. The van der Waals surface area contributed by atoms with Gasteiger partial charge in [0.25, 0.3) is 0 Å². The van der Waals surface area contributed by atoms with Gasteiger partial charge in [0.2, 0.25) is 5.91 Å². The molecule has 2 rings (SSSR count). The van der Waals surface area contributed by atoms with Crippen LogP contribution in [0.25, 0.3) is 0 Å². The molecule has 0 unspecified atom stereocenters. The number of carbonyl (C=O) groups is 1. The standard InChI is InChI=1S/C14H19N5O/c1-12(13-6-8-15-11-16-13)18(2)14(20)5-3-9-19-10-4-7-17-19/h4,6-8,10-12H,3,5,9H2,1-2H3/t12-/m1/s1. The van der Waals surface area contributed by atoms with Crippen LogP contribution in [0.4, 0.5) is 0 Å². The first-order chi connectivity index (χ1) is 9.68. The van der Waals surface area contributed by atoms with Gasteiger partial charge in [0.05, 0.1) is 11.7 Å². The molecule has 2 aromatic rings. The lowest BCUT2D eigenvalue weighted by molar-refractivity contribution is -0.132. The quantitative estimate of drug-likeness (QED) is 0.803. The van der Waals surface area contributed by atoms with Crippen molar-refractivity contribution in [1.82, 2.24) is 24.6 Å². The number of aromatic nitrogens is 4. The summed E-state index contributed by atoms with van der Waals surface area (Å²) in [5.41, 5.74) is 0.850. The van der Waals surface area contributed by atoms with Crippen LogP contribution in [-0.2, 0) is 11.3 Å². The minimum absolute atomic E-state index is 0.0461. The van der Waals surface area contributed by atoms with E-state index in [0.717, 1.165) is 18.7 Å². The molecule has 6 heteroatoms. The predicted molar refractivity (Wildman–Crippen MR) is 74.7 cm³/mol. The molecule has 0 saturated heterocycles. The average molecular weight is 273 g/mol. The molecule has 0 aliphatic carbocycles. The van der Waals surface area contributed by atoms with Gasteiger partial charge >= 0.3 is 0 Å². The van der Waals surface area contributed by atoms with Crippen molar-refractivity contribution in [2.24, 2.45) is 0 Å². The van der Waals surface area contributed by atoms with Crippen LogP contribution in [0.5, 0.6) is 0 Å². The average Bonchev–Trinajstić information content (AvgIpc) is 2.99. The molecule has 1 amide bonds. The van der Waals surface area contributed by atoms with Gasteiger partial charge in [0.15, 0.2) is 0 Å². The van der Waals surface area contributed by atoms with E-state index in [1.807, 2.05) is 37.0 Å². The van der Waals surface area contributed by atoms with Crippen LogP contribution in [0.15, 0.2) is 37.1 Å². The Hall–Kier alpha value is -2.24. The lowest BCUT2D eigenvalue weighted by atomic mass is 10.2. The zero-order chi connectivity index (χ0) is 14.4. The van der Waals surface area contributed by atoms with E-state index in [9.17, 15) is 4.79 Å². The Labute approximate surface area is 118 Å². The molecule has 6 nitrogen and oxygen atoms in total. The number of carbonyl (C=O) groups excluding carboxylic acids is 1. The summed E-state index contributed by atoms with van der Waals surface area (Å²) in [6, 6.07) is 3.67. The molecule has 0 saturated carbocycles. The number of amides is 1. The van der Waals surface area contributed by atoms with Crippen LogP contribution in [0.3, 0.4) is 0 Å². The van der Waals surface area contributed by atoms with Crippen LogP contribution in [0, 0.1) is 0 Å². The van der Waals surface area contributed by atoms with Gasteiger partial charge in [0, 0.05) is 38.6 Å². The molecule has 2 heterocycles. The summed E-state index contributed by atoms with van der Waals surface area (Å²) < 4.78 is 1.83. The Kier molecular flexibility index (Phi) is 4.81. The Morgan fingerprint density at radius 2 is 2.30 bits per heavy atom. The number of hydrogen-bond acceptors (Lipinski definition) is 4. The van der Waals surface area contributed by atoms with Gasteiger partial charge in [-0.25, -0.2) is 9.97 Å². The molecule has 0 radical (unpaired) electrons. The van der Waals surface area contributed by atoms with Crippen molar-refractivity contribution in [1.29, 1.82) is 0 Å². The zero-order valence-electron chi connectivity index (χ0n) is 11.8. The normalized spacial score (nSPS) is 12.1. The van der Waals surface area contributed by atoms with E-state index in [1.54, 1.807) is 17.3 Å². The Morgan fingerprint density at radius 3 is 2.95 bits per heavy atom. The maximum Gasteiger partial charge on any atom is 0.222 e. The highest BCUT2D eigenvalue weighted by Crippen LogP contribution is 2.16. The summed E-state index contributed by atoms with van der Waals surface area (Å²) >= 11 is 0. The minimum Gasteiger partial charge on any atom is -0.337 e. The molecule has 0 N–H and O–H groups in total. The van der Waals surface area contributed by atoms with Crippen LogP contribution in [-0.4, -0.2) is 37.6 Å². The smallest absolute Gasteiger partial charge is 0.222 e. The first-order valence-corrected chi connectivity index (χ1v) is 6.67. The Balaban J connectivity index is 1.82. The summed E-state index contributed by atoms with van der Waals surface area (Å²) in [4.78, 5) is 21.9. The van der Waals surface area contributed by atoms with Gasteiger partial charge in [-0.3, -0.25) is 9.48 Å². The molecule has 0 aliphatic heterocycles. The fourth-order valence-electron chi connectivity index (χ4n) is 1.96. The zero-order valence-corrected chi connectivity index (χ0v) is 11.8. The van der Waals surface area contributed by atoms with Crippen molar-refractivity contribution in [3.05, 3.63) is 42.7 Å². The van der Waals surface area contributed by atoms with Crippen LogP contribution < -0.4 is 0 Å². The third-order valence-corrected chi connectivity index (χ3v) is 3.34. The molecule has 0 aliphatic rings.